The van der Waals surface area contributed by atoms with Crippen LogP contribution < -0.4 is 0 Å². The van der Waals surface area contributed by atoms with E-state index < -0.39 is 0 Å². The number of hydrogen-bond donors (Lipinski definition) is 2. The molecule has 2 N–H and O–H groups in total. The minimum absolute atomic E-state index is 0.585. The Kier molecular flexibility index (Phi) is 4.28. The molecule has 2 heterocycles. The number of benzene rings is 2. The van der Waals surface area contributed by atoms with Gasteiger partial charge in [0.05, 0.1) is 17.2 Å². The monoisotopic (exact) mass is 426 g/mol. The molecule has 21 heavy (non-hydrogen) atoms. The highest BCUT2D eigenvalue weighted by Crippen LogP contribution is 2.23. The van der Waals surface area contributed by atoms with E-state index >= 15 is 0 Å². The van der Waals surface area contributed by atoms with Crippen LogP contribution in [0.4, 0.5) is 0 Å². The number of aromatic amines is 2. The molecule has 2 aromatic heterocycles. The highest BCUT2D eigenvalue weighted by atomic mass is 79.9. The number of nitrogens with zero attached hydrogens (tertiary/aromatic N) is 2. The first-order chi connectivity index (χ1) is 10.1. The van der Waals surface area contributed by atoms with E-state index in [-0.39, 0.29) is 0 Å². The zero-order valence-electron chi connectivity index (χ0n) is 10.6. The van der Waals surface area contributed by atoms with Crippen LogP contribution in [0.25, 0.3) is 21.8 Å². The zero-order chi connectivity index (χ0) is 14.8. The highest BCUT2D eigenvalue weighted by Gasteiger charge is 2.01. The summed E-state index contributed by atoms with van der Waals surface area (Å²) >= 11 is 12.5. The summed E-state index contributed by atoms with van der Waals surface area (Å²) in [4.78, 5) is 0. The summed E-state index contributed by atoms with van der Waals surface area (Å²) in [5.41, 5.74) is 1.96. The molecule has 0 amide bonds. The van der Waals surface area contributed by atoms with Gasteiger partial charge in [0.2, 0.25) is 0 Å². The Labute approximate surface area is 142 Å². The molecule has 0 saturated carbocycles. The van der Waals surface area contributed by atoms with Crippen LogP contribution in [0.1, 0.15) is 0 Å². The molecule has 0 bridgehead atoms. The quantitative estimate of drug-likeness (QED) is 0.399. The topological polar surface area (TPSA) is 57.4 Å². The van der Waals surface area contributed by atoms with Gasteiger partial charge in [-0.05, 0) is 36.4 Å². The van der Waals surface area contributed by atoms with Crippen molar-refractivity contribution >= 4 is 65.3 Å². The predicted octanol–water partition coefficient (Wildman–Crippen LogP) is 5.30. The lowest BCUT2D eigenvalue weighted by molar-refractivity contribution is 1.12. The van der Waals surface area contributed by atoms with E-state index in [1.165, 1.54) is 0 Å². The average molecular weight is 429 g/mol. The van der Waals surface area contributed by atoms with Gasteiger partial charge in [-0.25, -0.2) is 0 Å². The van der Waals surface area contributed by atoms with E-state index in [9.17, 15) is 0 Å². The third-order valence-electron chi connectivity index (χ3n) is 2.87. The minimum atomic E-state index is 0.585. The Morgan fingerprint density at radius 1 is 0.952 bits per heavy atom. The summed E-state index contributed by atoms with van der Waals surface area (Å²) in [6.45, 7) is 0. The molecule has 0 aliphatic rings. The van der Waals surface area contributed by atoms with Gasteiger partial charge in [0.15, 0.2) is 0 Å². The lowest BCUT2D eigenvalue weighted by Gasteiger charge is -1.88. The van der Waals surface area contributed by atoms with E-state index in [0.29, 0.717) is 5.15 Å². The summed E-state index contributed by atoms with van der Waals surface area (Å²) in [6.07, 6.45) is 1.81. The molecule has 0 saturated heterocycles. The smallest absolute Gasteiger partial charge is 0.132 e. The van der Waals surface area contributed by atoms with Crippen LogP contribution >= 0.6 is 43.5 Å². The van der Waals surface area contributed by atoms with E-state index in [1.807, 2.05) is 36.4 Å². The van der Waals surface area contributed by atoms with Crippen LogP contribution in [-0.4, -0.2) is 20.4 Å². The molecule has 0 radical (unpaired) electrons. The number of nitrogens with one attached hydrogen (secondary N) is 2. The Morgan fingerprint density at radius 3 is 2.57 bits per heavy atom. The van der Waals surface area contributed by atoms with Gasteiger partial charge in [-0.15, -0.1) is 0 Å². The van der Waals surface area contributed by atoms with E-state index in [4.69, 9.17) is 11.6 Å². The maximum Gasteiger partial charge on any atom is 0.132 e. The molecule has 0 aliphatic heterocycles. The van der Waals surface area contributed by atoms with E-state index in [0.717, 1.165) is 30.8 Å². The highest BCUT2D eigenvalue weighted by molar-refractivity contribution is 9.10. The van der Waals surface area contributed by atoms with Gasteiger partial charge in [-0.3, -0.25) is 10.2 Å². The largest absolute Gasteiger partial charge is 0.278 e. The second-order valence-electron chi connectivity index (χ2n) is 4.30. The fraction of sp³-hybridized carbons (Fsp3) is 0. The summed E-state index contributed by atoms with van der Waals surface area (Å²) in [6, 6.07) is 11.8. The molecule has 106 valence electrons. The van der Waals surface area contributed by atoms with Crippen molar-refractivity contribution in [2.24, 2.45) is 0 Å². The molecule has 0 fully saturated rings. The van der Waals surface area contributed by atoms with Gasteiger partial charge in [0, 0.05) is 19.7 Å². The second-order valence-corrected chi connectivity index (χ2v) is 6.51. The van der Waals surface area contributed by atoms with E-state index in [1.54, 1.807) is 6.20 Å². The molecular weight excluding hydrogens is 419 g/mol. The van der Waals surface area contributed by atoms with Gasteiger partial charge in [-0.2, -0.15) is 10.2 Å². The van der Waals surface area contributed by atoms with Crippen LogP contribution in [0, 0.1) is 0 Å². The molecule has 0 spiro atoms. The first kappa shape index (κ1) is 14.6. The Balaban J connectivity index is 0.000000126. The van der Waals surface area contributed by atoms with Gasteiger partial charge in [0.1, 0.15) is 5.15 Å². The van der Waals surface area contributed by atoms with Crippen molar-refractivity contribution in [3.63, 3.8) is 0 Å². The van der Waals surface area contributed by atoms with Crippen LogP contribution in [0.2, 0.25) is 5.15 Å². The van der Waals surface area contributed by atoms with Crippen LogP contribution in [0.5, 0.6) is 0 Å². The van der Waals surface area contributed by atoms with Gasteiger partial charge >= 0.3 is 0 Å². The number of hydrogen-bond acceptors (Lipinski definition) is 2. The molecule has 7 heteroatoms. The molecule has 0 atom stereocenters. The summed E-state index contributed by atoms with van der Waals surface area (Å²) in [7, 11) is 0. The lowest BCUT2D eigenvalue weighted by Crippen LogP contribution is -1.66. The van der Waals surface area contributed by atoms with Gasteiger partial charge < -0.3 is 0 Å². The van der Waals surface area contributed by atoms with Crippen molar-refractivity contribution in [3.8, 4) is 0 Å². The molecule has 4 nitrogen and oxygen atoms in total. The lowest BCUT2D eigenvalue weighted by atomic mass is 10.3. The Hall–Kier alpha value is -1.37. The standard InChI is InChI=1S/C7H4BrClN2.C7H5BrN2/c8-4-1-2-6-5(3-4)7(9)11-10-6;8-6-1-2-7-5(3-6)4-9-10-7/h1-3H,(H,10,11);1-4H,(H,9,10). The second kappa shape index (κ2) is 6.17. The predicted molar refractivity (Wildman–Crippen MR) is 92.6 cm³/mol. The number of rotatable bonds is 0. The van der Waals surface area contributed by atoms with Crippen molar-refractivity contribution in [1.82, 2.24) is 20.4 Å². The number of H-pyrrole nitrogens is 2. The number of halogens is 3. The van der Waals surface area contributed by atoms with E-state index in [2.05, 4.69) is 52.3 Å². The molecule has 2 aromatic carbocycles. The van der Waals surface area contributed by atoms with Crippen molar-refractivity contribution in [1.29, 1.82) is 0 Å². The van der Waals surface area contributed by atoms with Crippen molar-refractivity contribution in [3.05, 3.63) is 56.7 Å². The maximum atomic E-state index is 5.81. The molecule has 0 aliphatic carbocycles. The number of aromatic nitrogens is 4. The van der Waals surface area contributed by atoms with Crippen molar-refractivity contribution in [2.75, 3.05) is 0 Å². The Morgan fingerprint density at radius 2 is 1.71 bits per heavy atom. The Bertz CT molecular complexity index is 900. The van der Waals surface area contributed by atoms with Gasteiger partial charge in [0.25, 0.3) is 0 Å². The number of fused-ring (bicyclic) bond motifs is 2. The molecule has 0 unspecified atom stereocenters. The zero-order valence-corrected chi connectivity index (χ0v) is 14.5. The third kappa shape index (κ3) is 3.28. The molecule has 4 aromatic rings. The fourth-order valence-electron chi connectivity index (χ4n) is 1.86. The van der Waals surface area contributed by atoms with Crippen molar-refractivity contribution in [2.45, 2.75) is 0 Å². The van der Waals surface area contributed by atoms with Crippen LogP contribution in [0.15, 0.2) is 51.5 Å². The summed E-state index contributed by atoms with van der Waals surface area (Å²) < 4.78 is 2.09. The minimum Gasteiger partial charge on any atom is -0.278 e. The molecular formula is C14H9Br2ClN4. The summed E-state index contributed by atoms with van der Waals surface area (Å²) in [5.74, 6) is 0. The average Bonchev–Trinajstić information content (AvgIpc) is 3.06. The fourth-order valence-corrected chi connectivity index (χ4v) is 2.80. The molecule has 4 rings (SSSR count). The normalized spacial score (nSPS) is 10.6. The maximum absolute atomic E-state index is 5.81. The first-order valence-corrected chi connectivity index (χ1v) is 7.97. The first-order valence-electron chi connectivity index (χ1n) is 6.01. The van der Waals surface area contributed by atoms with Crippen molar-refractivity contribution < 1.29 is 0 Å². The van der Waals surface area contributed by atoms with Crippen LogP contribution in [-0.2, 0) is 0 Å². The van der Waals surface area contributed by atoms with Crippen LogP contribution in [0.3, 0.4) is 0 Å². The van der Waals surface area contributed by atoms with Gasteiger partial charge in [-0.1, -0.05) is 43.5 Å². The summed E-state index contributed by atoms with van der Waals surface area (Å²) in [5, 5.41) is 16.1. The third-order valence-corrected chi connectivity index (χ3v) is 4.15. The SMILES string of the molecule is Brc1ccc2[nH]ncc2c1.Clc1[nH]nc2ccc(Br)cc12.